The largest absolute Gasteiger partial charge is 0.251 e. The molecule has 0 N–H and O–H groups in total. The van der Waals surface area contributed by atoms with Crippen LogP contribution in [0.3, 0.4) is 0 Å². The molecule has 1 rings (SSSR count). The number of alkyl halides is 1. The Kier molecular flexibility index (Phi) is 3.51. The van der Waals surface area contributed by atoms with Crippen LogP contribution in [0.15, 0.2) is 4.60 Å². The number of halogens is 2. The van der Waals surface area contributed by atoms with Crippen molar-refractivity contribution in [3.8, 4) is 0 Å². The minimum absolute atomic E-state index is 0.862. The van der Waals surface area contributed by atoms with E-state index >= 15 is 0 Å². The average Bonchev–Trinajstić information content (AvgIpc) is 2.29. The lowest BCUT2D eigenvalue weighted by Gasteiger charge is -1.97. The molecule has 0 bridgehead atoms. The SMILES string of the molecule is Cn1nnc(Br)c1CCCBr. The van der Waals surface area contributed by atoms with Gasteiger partial charge in [0, 0.05) is 12.4 Å². The van der Waals surface area contributed by atoms with Crippen molar-refractivity contribution < 1.29 is 0 Å². The number of aromatic nitrogens is 3. The summed E-state index contributed by atoms with van der Waals surface area (Å²) in [5, 5.41) is 8.78. The fourth-order valence-corrected chi connectivity index (χ4v) is 1.66. The van der Waals surface area contributed by atoms with Crippen LogP contribution in [-0.2, 0) is 13.5 Å². The molecule has 0 saturated carbocycles. The fourth-order valence-electron chi connectivity index (χ4n) is 0.851. The third kappa shape index (κ3) is 2.27. The molecule has 0 aliphatic rings. The normalized spacial score (nSPS) is 10.5. The highest BCUT2D eigenvalue weighted by atomic mass is 79.9. The van der Waals surface area contributed by atoms with Crippen molar-refractivity contribution in [2.75, 3.05) is 5.33 Å². The van der Waals surface area contributed by atoms with Crippen molar-refractivity contribution in [3.63, 3.8) is 0 Å². The summed E-state index contributed by atoms with van der Waals surface area (Å²) in [6, 6.07) is 0. The quantitative estimate of drug-likeness (QED) is 0.793. The molecule has 62 valence electrons. The van der Waals surface area contributed by atoms with Crippen LogP contribution in [0, 0.1) is 0 Å². The molecule has 11 heavy (non-hydrogen) atoms. The van der Waals surface area contributed by atoms with Crippen LogP contribution in [-0.4, -0.2) is 20.3 Å². The van der Waals surface area contributed by atoms with Crippen molar-refractivity contribution in [1.82, 2.24) is 15.0 Å². The van der Waals surface area contributed by atoms with Crippen LogP contribution in [0.2, 0.25) is 0 Å². The van der Waals surface area contributed by atoms with Gasteiger partial charge >= 0.3 is 0 Å². The van der Waals surface area contributed by atoms with Gasteiger partial charge in [0.1, 0.15) is 0 Å². The Balaban J connectivity index is 2.67. The number of nitrogens with zero attached hydrogens (tertiary/aromatic N) is 3. The molecule has 0 aliphatic heterocycles. The molecule has 0 atom stereocenters. The van der Waals surface area contributed by atoms with E-state index in [-0.39, 0.29) is 0 Å². The Morgan fingerprint density at radius 1 is 1.55 bits per heavy atom. The van der Waals surface area contributed by atoms with Crippen LogP contribution in [0.25, 0.3) is 0 Å². The lowest BCUT2D eigenvalue weighted by Crippen LogP contribution is -1.98. The van der Waals surface area contributed by atoms with E-state index in [0.717, 1.165) is 28.5 Å². The van der Waals surface area contributed by atoms with Crippen LogP contribution in [0.4, 0.5) is 0 Å². The van der Waals surface area contributed by atoms with Gasteiger partial charge in [-0.2, -0.15) is 0 Å². The van der Waals surface area contributed by atoms with Gasteiger partial charge in [0.15, 0.2) is 4.60 Å². The topological polar surface area (TPSA) is 30.7 Å². The van der Waals surface area contributed by atoms with Gasteiger partial charge in [-0.05, 0) is 28.8 Å². The number of rotatable bonds is 3. The Morgan fingerprint density at radius 2 is 2.27 bits per heavy atom. The van der Waals surface area contributed by atoms with E-state index in [0.29, 0.717) is 0 Å². The summed E-state index contributed by atoms with van der Waals surface area (Å²) in [6.07, 6.45) is 2.12. The molecule has 5 heteroatoms. The first-order valence-electron chi connectivity index (χ1n) is 3.35. The zero-order chi connectivity index (χ0) is 8.27. The molecular weight excluding hydrogens is 274 g/mol. The van der Waals surface area contributed by atoms with E-state index in [4.69, 9.17) is 0 Å². The van der Waals surface area contributed by atoms with Gasteiger partial charge in [0.2, 0.25) is 0 Å². The van der Waals surface area contributed by atoms with E-state index in [9.17, 15) is 0 Å². The highest BCUT2D eigenvalue weighted by Crippen LogP contribution is 2.13. The van der Waals surface area contributed by atoms with Gasteiger partial charge in [-0.15, -0.1) is 5.10 Å². The molecule has 0 fully saturated rings. The number of hydrogen-bond donors (Lipinski definition) is 0. The van der Waals surface area contributed by atoms with Crippen molar-refractivity contribution in [1.29, 1.82) is 0 Å². The van der Waals surface area contributed by atoms with Crippen molar-refractivity contribution in [2.24, 2.45) is 7.05 Å². The molecule has 0 aliphatic carbocycles. The van der Waals surface area contributed by atoms with Crippen molar-refractivity contribution >= 4 is 31.9 Å². The van der Waals surface area contributed by atoms with Gasteiger partial charge < -0.3 is 0 Å². The molecule has 1 aromatic heterocycles. The third-order valence-corrected chi connectivity index (χ3v) is 2.62. The minimum Gasteiger partial charge on any atom is -0.251 e. The second kappa shape index (κ2) is 4.21. The van der Waals surface area contributed by atoms with Gasteiger partial charge in [-0.25, -0.2) is 0 Å². The molecule has 3 nitrogen and oxygen atoms in total. The zero-order valence-corrected chi connectivity index (χ0v) is 9.39. The molecule has 0 unspecified atom stereocenters. The van der Waals surface area contributed by atoms with Crippen LogP contribution < -0.4 is 0 Å². The Labute approximate surface area is 82.4 Å². The lowest BCUT2D eigenvalue weighted by molar-refractivity contribution is 0.670. The first-order chi connectivity index (χ1) is 5.25. The second-order valence-electron chi connectivity index (χ2n) is 2.24. The number of aryl methyl sites for hydroxylation is 1. The molecule has 0 saturated heterocycles. The third-order valence-electron chi connectivity index (χ3n) is 1.44. The smallest absolute Gasteiger partial charge is 0.151 e. The van der Waals surface area contributed by atoms with Crippen LogP contribution in [0.1, 0.15) is 12.1 Å². The fraction of sp³-hybridized carbons (Fsp3) is 0.667. The summed E-state index contributed by atoms with van der Waals surface area (Å²) in [5.41, 5.74) is 1.16. The van der Waals surface area contributed by atoms with Gasteiger partial charge in [0.25, 0.3) is 0 Å². The Bertz CT molecular complexity index is 214. The van der Waals surface area contributed by atoms with Gasteiger partial charge in [-0.1, -0.05) is 21.1 Å². The summed E-state index contributed by atoms with van der Waals surface area (Å²) in [5.74, 6) is 0. The highest BCUT2D eigenvalue weighted by molar-refractivity contribution is 9.10. The van der Waals surface area contributed by atoms with Crippen LogP contribution in [0.5, 0.6) is 0 Å². The predicted octanol–water partition coefficient (Wildman–Crippen LogP) is 1.91. The Hall–Kier alpha value is 0.1000. The maximum Gasteiger partial charge on any atom is 0.151 e. The maximum absolute atomic E-state index is 3.88. The Morgan fingerprint density at radius 3 is 2.73 bits per heavy atom. The van der Waals surface area contributed by atoms with E-state index in [1.54, 1.807) is 4.68 Å². The molecule has 1 aromatic rings. The first kappa shape index (κ1) is 9.19. The summed E-state index contributed by atoms with van der Waals surface area (Å²) in [4.78, 5) is 0. The second-order valence-corrected chi connectivity index (χ2v) is 3.79. The highest BCUT2D eigenvalue weighted by Gasteiger charge is 2.05. The van der Waals surface area contributed by atoms with Gasteiger partial charge in [0.05, 0.1) is 5.69 Å². The average molecular weight is 283 g/mol. The van der Waals surface area contributed by atoms with Crippen LogP contribution >= 0.6 is 31.9 Å². The van der Waals surface area contributed by atoms with E-state index in [2.05, 4.69) is 42.2 Å². The molecule has 0 radical (unpaired) electrons. The molecule has 0 amide bonds. The predicted molar refractivity (Wildman–Crippen MR) is 50.8 cm³/mol. The first-order valence-corrected chi connectivity index (χ1v) is 5.27. The minimum atomic E-state index is 0.862. The van der Waals surface area contributed by atoms with Crippen molar-refractivity contribution in [2.45, 2.75) is 12.8 Å². The summed E-state index contributed by atoms with van der Waals surface area (Å²) < 4.78 is 2.66. The molecule has 0 spiro atoms. The molecule has 0 aromatic carbocycles. The molecular formula is C6H9Br2N3. The van der Waals surface area contributed by atoms with E-state index < -0.39 is 0 Å². The van der Waals surface area contributed by atoms with Gasteiger partial charge in [-0.3, -0.25) is 4.68 Å². The van der Waals surface area contributed by atoms with E-state index in [1.807, 2.05) is 7.05 Å². The zero-order valence-electron chi connectivity index (χ0n) is 6.22. The standard InChI is InChI=1S/C6H9Br2N3/c1-11-5(3-2-4-7)6(8)9-10-11/h2-4H2,1H3. The maximum atomic E-state index is 3.88. The monoisotopic (exact) mass is 281 g/mol. The van der Waals surface area contributed by atoms with Crippen molar-refractivity contribution in [3.05, 3.63) is 10.3 Å². The number of hydrogen-bond acceptors (Lipinski definition) is 2. The lowest BCUT2D eigenvalue weighted by atomic mass is 10.3. The molecule has 1 heterocycles. The summed E-state index contributed by atoms with van der Waals surface area (Å²) >= 11 is 6.72. The summed E-state index contributed by atoms with van der Waals surface area (Å²) in [7, 11) is 1.90. The van der Waals surface area contributed by atoms with E-state index in [1.165, 1.54) is 0 Å². The summed E-state index contributed by atoms with van der Waals surface area (Å²) in [6.45, 7) is 0.